The number of rotatable bonds is 1. The van der Waals surface area contributed by atoms with E-state index in [0.717, 1.165) is 16.7 Å². The Bertz CT molecular complexity index is 584. The Kier molecular flexibility index (Phi) is 1.75. The molecule has 0 unspecified atom stereocenters. The van der Waals surface area contributed by atoms with Crippen LogP contribution < -0.4 is 0 Å². The van der Waals surface area contributed by atoms with E-state index >= 15 is 0 Å². The van der Waals surface area contributed by atoms with Crippen LogP contribution in [0.4, 0.5) is 0 Å². The maximum absolute atomic E-state index is 4.31. The van der Waals surface area contributed by atoms with Crippen LogP contribution in [0.3, 0.4) is 0 Å². The number of nitrogens with zero attached hydrogens (tertiary/aromatic N) is 3. The van der Waals surface area contributed by atoms with Gasteiger partial charge in [-0.1, -0.05) is 6.07 Å². The minimum absolute atomic E-state index is 0.929. The fourth-order valence-corrected chi connectivity index (χ4v) is 1.68. The van der Waals surface area contributed by atoms with E-state index in [9.17, 15) is 0 Å². The number of hydrogen-bond acceptors (Lipinski definition) is 2. The molecule has 0 atom stereocenters. The molecule has 15 heavy (non-hydrogen) atoms. The molecule has 0 N–H and O–H groups in total. The third kappa shape index (κ3) is 1.29. The van der Waals surface area contributed by atoms with Crippen molar-refractivity contribution in [2.45, 2.75) is 0 Å². The quantitative estimate of drug-likeness (QED) is 0.597. The van der Waals surface area contributed by atoms with Crippen LogP contribution in [0, 0.1) is 0 Å². The molecular weight excluding hydrogens is 186 g/mol. The van der Waals surface area contributed by atoms with E-state index in [2.05, 4.69) is 14.5 Å². The molecule has 0 aliphatic carbocycles. The highest BCUT2D eigenvalue weighted by Gasteiger charge is 2.02. The van der Waals surface area contributed by atoms with Crippen molar-refractivity contribution in [3.63, 3.8) is 0 Å². The van der Waals surface area contributed by atoms with Crippen LogP contribution in [0.25, 0.3) is 16.7 Å². The number of pyridine rings is 2. The van der Waals surface area contributed by atoms with Crippen molar-refractivity contribution in [3.05, 3.63) is 55.1 Å². The highest BCUT2D eigenvalue weighted by atomic mass is 15.0. The van der Waals surface area contributed by atoms with Gasteiger partial charge in [0.1, 0.15) is 5.82 Å². The van der Waals surface area contributed by atoms with Gasteiger partial charge in [-0.2, -0.15) is 0 Å². The lowest BCUT2D eigenvalue weighted by Gasteiger charge is -2.02. The van der Waals surface area contributed by atoms with Gasteiger partial charge in [-0.15, -0.1) is 0 Å². The molecule has 0 aromatic carbocycles. The minimum Gasteiger partial charge on any atom is -0.301 e. The Balaban J connectivity index is 2.28. The molecule has 72 valence electrons. The van der Waals surface area contributed by atoms with Crippen LogP contribution in [0.2, 0.25) is 0 Å². The predicted octanol–water partition coefficient (Wildman–Crippen LogP) is 2.42. The summed E-state index contributed by atoms with van der Waals surface area (Å²) in [6.07, 6.45) is 7.45. The van der Waals surface area contributed by atoms with Gasteiger partial charge in [0.25, 0.3) is 0 Å². The lowest BCUT2D eigenvalue weighted by atomic mass is 10.3. The zero-order chi connectivity index (χ0) is 10.1. The second-order valence-corrected chi connectivity index (χ2v) is 3.31. The van der Waals surface area contributed by atoms with Gasteiger partial charge in [-0.25, -0.2) is 4.98 Å². The Morgan fingerprint density at radius 3 is 2.87 bits per heavy atom. The first-order valence-corrected chi connectivity index (χ1v) is 4.77. The topological polar surface area (TPSA) is 30.7 Å². The molecule has 0 aliphatic rings. The Hall–Kier alpha value is -2.16. The van der Waals surface area contributed by atoms with Crippen molar-refractivity contribution in [1.82, 2.24) is 14.5 Å². The van der Waals surface area contributed by atoms with Gasteiger partial charge in [0, 0.05) is 30.2 Å². The molecule has 3 aromatic rings. The van der Waals surface area contributed by atoms with Crippen LogP contribution in [0.15, 0.2) is 55.1 Å². The average Bonchev–Trinajstić information content (AvgIpc) is 2.74. The summed E-state index contributed by atoms with van der Waals surface area (Å²) >= 11 is 0. The number of hydrogen-bond donors (Lipinski definition) is 0. The molecule has 0 saturated heterocycles. The van der Waals surface area contributed by atoms with Crippen LogP contribution in [-0.4, -0.2) is 14.5 Å². The van der Waals surface area contributed by atoms with E-state index in [1.807, 2.05) is 42.7 Å². The summed E-state index contributed by atoms with van der Waals surface area (Å²) in [7, 11) is 0. The third-order valence-electron chi connectivity index (χ3n) is 2.39. The Labute approximate surface area is 87.0 Å². The molecular formula is C12H9N3. The van der Waals surface area contributed by atoms with Crippen molar-refractivity contribution in [2.24, 2.45) is 0 Å². The van der Waals surface area contributed by atoms with Crippen molar-refractivity contribution in [3.8, 4) is 5.82 Å². The minimum atomic E-state index is 0.929. The molecule has 0 saturated carbocycles. The van der Waals surface area contributed by atoms with Crippen LogP contribution >= 0.6 is 0 Å². The van der Waals surface area contributed by atoms with Crippen LogP contribution in [0.5, 0.6) is 0 Å². The first kappa shape index (κ1) is 8.17. The lowest BCUT2D eigenvalue weighted by molar-refractivity contribution is 1.04. The fourth-order valence-electron chi connectivity index (χ4n) is 1.68. The molecule has 3 aromatic heterocycles. The first-order valence-electron chi connectivity index (χ1n) is 4.77. The second-order valence-electron chi connectivity index (χ2n) is 3.31. The largest absolute Gasteiger partial charge is 0.301 e. The van der Waals surface area contributed by atoms with E-state index in [0.29, 0.717) is 0 Å². The molecule has 0 radical (unpaired) electrons. The molecule has 0 spiro atoms. The third-order valence-corrected chi connectivity index (χ3v) is 2.39. The summed E-state index contributed by atoms with van der Waals surface area (Å²) in [5.74, 6) is 0.929. The predicted molar refractivity (Wildman–Crippen MR) is 58.9 cm³/mol. The second kappa shape index (κ2) is 3.20. The van der Waals surface area contributed by atoms with Crippen LogP contribution in [0.1, 0.15) is 0 Å². The standard InChI is InChI=1S/C12H9N3/c1-2-6-14-12(3-1)15-8-5-10-9-13-7-4-11(10)15/h1-9H. The van der Waals surface area contributed by atoms with Gasteiger partial charge in [0.2, 0.25) is 0 Å². The summed E-state index contributed by atoms with van der Waals surface area (Å²) in [5.41, 5.74) is 1.13. The zero-order valence-corrected chi connectivity index (χ0v) is 8.04. The average molecular weight is 195 g/mol. The summed E-state index contributed by atoms with van der Waals surface area (Å²) < 4.78 is 2.05. The SMILES string of the molecule is c1ccc(-n2ccc3cnccc32)nc1. The number of fused-ring (bicyclic) bond motifs is 1. The maximum atomic E-state index is 4.31. The van der Waals surface area contributed by atoms with Gasteiger partial charge >= 0.3 is 0 Å². The van der Waals surface area contributed by atoms with Gasteiger partial charge in [0.05, 0.1) is 5.52 Å². The molecule has 3 heterocycles. The van der Waals surface area contributed by atoms with Gasteiger partial charge < -0.3 is 4.57 Å². The Morgan fingerprint density at radius 1 is 1.00 bits per heavy atom. The molecule has 0 amide bonds. The highest BCUT2D eigenvalue weighted by Crippen LogP contribution is 2.17. The van der Waals surface area contributed by atoms with E-state index < -0.39 is 0 Å². The smallest absolute Gasteiger partial charge is 0.137 e. The summed E-state index contributed by atoms with van der Waals surface area (Å²) in [5, 5.41) is 1.13. The number of aromatic nitrogens is 3. The normalized spacial score (nSPS) is 10.7. The molecule has 0 fully saturated rings. The van der Waals surface area contributed by atoms with Gasteiger partial charge in [-0.05, 0) is 24.3 Å². The molecule has 0 aliphatic heterocycles. The van der Waals surface area contributed by atoms with Crippen molar-refractivity contribution < 1.29 is 0 Å². The highest BCUT2D eigenvalue weighted by molar-refractivity contribution is 5.80. The monoisotopic (exact) mass is 195 g/mol. The maximum Gasteiger partial charge on any atom is 0.137 e. The molecule has 3 nitrogen and oxygen atoms in total. The summed E-state index contributed by atoms with van der Waals surface area (Å²) in [6.45, 7) is 0. The lowest BCUT2D eigenvalue weighted by Crippen LogP contribution is -1.93. The van der Waals surface area contributed by atoms with E-state index in [1.54, 1.807) is 12.4 Å². The van der Waals surface area contributed by atoms with E-state index in [4.69, 9.17) is 0 Å². The molecule has 3 heteroatoms. The van der Waals surface area contributed by atoms with Gasteiger partial charge in [0.15, 0.2) is 0 Å². The molecule has 3 rings (SSSR count). The summed E-state index contributed by atoms with van der Waals surface area (Å²) in [4.78, 5) is 8.40. The first-order chi connectivity index (χ1) is 7.45. The summed E-state index contributed by atoms with van der Waals surface area (Å²) in [6, 6.07) is 9.91. The van der Waals surface area contributed by atoms with Crippen molar-refractivity contribution in [1.29, 1.82) is 0 Å². The fraction of sp³-hybridized carbons (Fsp3) is 0. The van der Waals surface area contributed by atoms with Crippen LogP contribution in [-0.2, 0) is 0 Å². The van der Waals surface area contributed by atoms with E-state index in [1.165, 1.54) is 0 Å². The van der Waals surface area contributed by atoms with E-state index in [-0.39, 0.29) is 0 Å². The Morgan fingerprint density at radius 2 is 2.00 bits per heavy atom. The van der Waals surface area contributed by atoms with Gasteiger partial charge in [-0.3, -0.25) is 4.98 Å². The zero-order valence-electron chi connectivity index (χ0n) is 8.04. The van der Waals surface area contributed by atoms with Crippen molar-refractivity contribution >= 4 is 10.9 Å². The van der Waals surface area contributed by atoms with Crippen molar-refractivity contribution in [2.75, 3.05) is 0 Å². The molecule has 0 bridgehead atoms.